The summed E-state index contributed by atoms with van der Waals surface area (Å²) in [5.41, 5.74) is 3.56. The molecule has 0 radical (unpaired) electrons. The molecule has 2 rings (SSSR count). The highest BCUT2D eigenvalue weighted by Crippen LogP contribution is 2.26. The second-order valence-corrected chi connectivity index (χ2v) is 5.62. The Morgan fingerprint density at radius 2 is 1.81 bits per heavy atom. The molecule has 0 saturated heterocycles. The Hall–Kier alpha value is -1.39. The minimum absolute atomic E-state index is 0.939. The second kappa shape index (κ2) is 9.53. The molecular formula is C17H27N3S. The maximum atomic E-state index is 4.61. The standard InChI is InChI=1S/C15H21N3S.C2H6/c1-4-9-16-10-12-5-7-13(8-6-12)14-11-19-15(17-14)18(2)3;1-2/h5-8,11,16H,4,9-10H2,1-3H3;1-2H3. The molecule has 1 aromatic heterocycles. The van der Waals surface area contributed by atoms with Crippen molar-refractivity contribution in [1.82, 2.24) is 10.3 Å². The molecule has 0 unspecified atom stereocenters. The van der Waals surface area contributed by atoms with Crippen molar-refractivity contribution in [3.63, 3.8) is 0 Å². The van der Waals surface area contributed by atoms with E-state index >= 15 is 0 Å². The average molecular weight is 305 g/mol. The minimum Gasteiger partial charge on any atom is -0.354 e. The van der Waals surface area contributed by atoms with Gasteiger partial charge in [-0.05, 0) is 18.5 Å². The van der Waals surface area contributed by atoms with Gasteiger partial charge in [-0.1, -0.05) is 45.0 Å². The van der Waals surface area contributed by atoms with Crippen LogP contribution in [0.15, 0.2) is 29.6 Å². The molecule has 3 nitrogen and oxygen atoms in total. The van der Waals surface area contributed by atoms with E-state index < -0.39 is 0 Å². The minimum atomic E-state index is 0.939. The molecule has 1 N–H and O–H groups in total. The Kier molecular flexibility index (Phi) is 8.01. The summed E-state index contributed by atoms with van der Waals surface area (Å²) in [6.45, 7) is 8.19. The van der Waals surface area contributed by atoms with Crippen molar-refractivity contribution in [1.29, 1.82) is 0 Å². The first-order valence-electron chi connectivity index (χ1n) is 7.63. The number of nitrogens with zero attached hydrogens (tertiary/aromatic N) is 2. The molecule has 1 heterocycles. The van der Waals surface area contributed by atoms with Crippen molar-refractivity contribution in [3.8, 4) is 11.3 Å². The van der Waals surface area contributed by atoms with E-state index in [0.29, 0.717) is 0 Å². The Morgan fingerprint density at radius 3 is 2.33 bits per heavy atom. The van der Waals surface area contributed by atoms with E-state index in [-0.39, 0.29) is 0 Å². The van der Waals surface area contributed by atoms with Crippen LogP contribution in [0, 0.1) is 0 Å². The molecule has 1 aromatic carbocycles. The molecule has 2 aromatic rings. The third-order valence-electron chi connectivity index (χ3n) is 2.88. The molecule has 0 amide bonds. The van der Waals surface area contributed by atoms with Crippen LogP contribution in [-0.2, 0) is 6.54 Å². The SMILES string of the molecule is CC.CCCNCc1ccc(-c2csc(N(C)C)n2)cc1. The molecule has 0 bridgehead atoms. The third kappa shape index (κ3) is 5.48. The van der Waals surface area contributed by atoms with Crippen LogP contribution in [0.25, 0.3) is 11.3 Å². The summed E-state index contributed by atoms with van der Waals surface area (Å²) in [7, 11) is 4.04. The van der Waals surface area contributed by atoms with Crippen molar-refractivity contribution in [3.05, 3.63) is 35.2 Å². The van der Waals surface area contributed by atoms with Crippen LogP contribution in [0.3, 0.4) is 0 Å². The van der Waals surface area contributed by atoms with Gasteiger partial charge in [0, 0.05) is 31.6 Å². The van der Waals surface area contributed by atoms with Gasteiger partial charge in [0.05, 0.1) is 5.69 Å². The first-order valence-corrected chi connectivity index (χ1v) is 8.51. The first kappa shape index (κ1) is 17.7. The molecular weight excluding hydrogens is 278 g/mol. The highest BCUT2D eigenvalue weighted by Gasteiger charge is 2.05. The Balaban J connectivity index is 0.00000106. The number of hydrogen-bond donors (Lipinski definition) is 1. The molecule has 0 fully saturated rings. The molecule has 0 saturated carbocycles. The summed E-state index contributed by atoms with van der Waals surface area (Å²) >= 11 is 1.68. The van der Waals surface area contributed by atoms with Crippen LogP contribution in [0.5, 0.6) is 0 Å². The molecule has 21 heavy (non-hydrogen) atoms. The molecule has 0 aliphatic carbocycles. The molecule has 0 aliphatic heterocycles. The third-order valence-corrected chi connectivity index (χ3v) is 3.89. The van der Waals surface area contributed by atoms with E-state index in [2.05, 4.69) is 46.9 Å². The van der Waals surface area contributed by atoms with Gasteiger partial charge in [-0.2, -0.15) is 0 Å². The van der Waals surface area contributed by atoms with Gasteiger partial charge < -0.3 is 10.2 Å². The molecule has 116 valence electrons. The van der Waals surface area contributed by atoms with Gasteiger partial charge in [-0.15, -0.1) is 11.3 Å². The van der Waals surface area contributed by atoms with Gasteiger partial charge in [0.2, 0.25) is 0 Å². The topological polar surface area (TPSA) is 28.2 Å². The number of nitrogens with one attached hydrogen (secondary N) is 1. The summed E-state index contributed by atoms with van der Waals surface area (Å²) in [6.07, 6.45) is 1.17. The van der Waals surface area contributed by atoms with E-state index in [4.69, 9.17) is 0 Å². The smallest absolute Gasteiger partial charge is 0.185 e. The quantitative estimate of drug-likeness (QED) is 0.802. The lowest BCUT2D eigenvalue weighted by atomic mass is 10.1. The van der Waals surface area contributed by atoms with Crippen LogP contribution < -0.4 is 10.2 Å². The van der Waals surface area contributed by atoms with E-state index in [1.54, 1.807) is 11.3 Å². The Bertz CT molecular complexity index is 503. The summed E-state index contributed by atoms with van der Waals surface area (Å²) in [4.78, 5) is 6.65. The molecule has 0 spiro atoms. The fraction of sp³-hybridized carbons (Fsp3) is 0.471. The molecule has 4 heteroatoms. The normalized spacial score (nSPS) is 9.95. The number of benzene rings is 1. The summed E-state index contributed by atoms with van der Waals surface area (Å²) < 4.78 is 0. The zero-order valence-electron chi connectivity index (χ0n) is 13.8. The summed E-state index contributed by atoms with van der Waals surface area (Å²) in [6, 6.07) is 8.65. The summed E-state index contributed by atoms with van der Waals surface area (Å²) in [5, 5.41) is 6.57. The zero-order valence-corrected chi connectivity index (χ0v) is 14.6. The number of thiazole rings is 1. The monoisotopic (exact) mass is 305 g/mol. The van der Waals surface area contributed by atoms with E-state index in [9.17, 15) is 0 Å². The predicted molar refractivity (Wildman–Crippen MR) is 95.2 cm³/mol. The highest BCUT2D eigenvalue weighted by molar-refractivity contribution is 7.14. The Morgan fingerprint density at radius 1 is 1.14 bits per heavy atom. The second-order valence-electron chi connectivity index (χ2n) is 4.78. The van der Waals surface area contributed by atoms with Crippen LogP contribution in [0.4, 0.5) is 5.13 Å². The van der Waals surface area contributed by atoms with Gasteiger partial charge in [-0.3, -0.25) is 0 Å². The first-order chi connectivity index (χ1) is 10.2. The van der Waals surface area contributed by atoms with Gasteiger partial charge in [-0.25, -0.2) is 4.98 Å². The van der Waals surface area contributed by atoms with Crippen molar-refractivity contribution in [2.45, 2.75) is 33.7 Å². The zero-order chi connectivity index (χ0) is 15.7. The lowest BCUT2D eigenvalue weighted by molar-refractivity contribution is 0.675. The molecule has 0 aliphatic rings. The van der Waals surface area contributed by atoms with Crippen molar-refractivity contribution in [2.24, 2.45) is 0 Å². The van der Waals surface area contributed by atoms with Crippen LogP contribution in [-0.4, -0.2) is 25.6 Å². The average Bonchev–Trinajstić information content (AvgIpc) is 3.00. The van der Waals surface area contributed by atoms with Crippen molar-refractivity contribution < 1.29 is 0 Å². The lowest BCUT2D eigenvalue weighted by Crippen LogP contribution is -2.13. The van der Waals surface area contributed by atoms with E-state index in [1.165, 1.54) is 17.5 Å². The number of hydrogen-bond acceptors (Lipinski definition) is 4. The van der Waals surface area contributed by atoms with Crippen molar-refractivity contribution >= 4 is 16.5 Å². The van der Waals surface area contributed by atoms with E-state index in [1.807, 2.05) is 32.8 Å². The van der Waals surface area contributed by atoms with Crippen LogP contribution in [0.2, 0.25) is 0 Å². The lowest BCUT2D eigenvalue weighted by Gasteiger charge is -2.06. The van der Waals surface area contributed by atoms with Gasteiger partial charge in [0.1, 0.15) is 0 Å². The molecule has 0 atom stereocenters. The maximum absolute atomic E-state index is 4.61. The van der Waals surface area contributed by atoms with Crippen molar-refractivity contribution in [2.75, 3.05) is 25.5 Å². The van der Waals surface area contributed by atoms with Gasteiger partial charge >= 0.3 is 0 Å². The fourth-order valence-electron chi connectivity index (χ4n) is 1.81. The van der Waals surface area contributed by atoms with E-state index in [0.717, 1.165) is 23.9 Å². The maximum Gasteiger partial charge on any atom is 0.185 e. The fourth-order valence-corrected chi connectivity index (χ4v) is 2.57. The van der Waals surface area contributed by atoms with Crippen LogP contribution >= 0.6 is 11.3 Å². The number of rotatable bonds is 6. The van der Waals surface area contributed by atoms with Gasteiger partial charge in [0.15, 0.2) is 5.13 Å². The predicted octanol–water partition coefficient (Wildman–Crippen LogP) is 4.40. The largest absolute Gasteiger partial charge is 0.354 e. The number of aromatic nitrogens is 1. The highest BCUT2D eigenvalue weighted by atomic mass is 32.1. The Labute approximate surface area is 133 Å². The number of anilines is 1. The summed E-state index contributed by atoms with van der Waals surface area (Å²) in [5.74, 6) is 0. The van der Waals surface area contributed by atoms with Gasteiger partial charge in [0.25, 0.3) is 0 Å². The van der Waals surface area contributed by atoms with Crippen LogP contribution in [0.1, 0.15) is 32.8 Å².